The lowest BCUT2D eigenvalue weighted by molar-refractivity contribution is -0.0226. The average molecular weight is 328 g/mol. The molecule has 1 saturated heterocycles. The van der Waals surface area contributed by atoms with Gasteiger partial charge in [-0.3, -0.25) is 9.48 Å². The lowest BCUT2D eigenvalue weighted by Crippen LogP contribution is -2.41. The summed E-state index contributed by atoms with van der Waals surface area (Å²) >= 11 is 0. The Morgan fingerprint density at radius 3 is 3.12 bits per heavy atom. The van der Waals surface area contributed by atoms with Crippen LogP contribution in [0.5, 0.6) is 0 Å². The summed E-state index contributed by atoms with van der Waals surface area (Å²) in [4.78, 5) is 14.6. The highest BCUT2D eigenvalue weighted by Gasteiger charge is 2.17. The van der Waals surface area contributed by atoms with Gasteiger partial charge < -0.3 is 15.0 Å². The minimum absolute atomic E-state index is 0.0403. The first-order valence-electron chi connectivity index (χ1n) is 8.35. The molecule has 1 fully saturated rings. The number of hydrogen-bond acceptors (Lipinski definition) is 4. The summed E-state index contributed by atoms with van der Waals surface area (Å²) in [5.74, 6) is -0.0403. The second kappa shape index (κ2) is 8.08. The van der Waals surface area contributed by atoms with Crippen molar-refractivity contribution in [1.82, 2.24) is 20.0 Å². The van der Waals surface area contributed by atoms with E-state index in [0.717, 1.165) is 31.7 Å². The molecule has 24 heavy (non-hydrogen) atoms. The van der Waals surface area contributed by atoms with Gasteiger partial charge in [-0.05, 0) is 37.2 Å². The van der Waals surface area contributed by atoms with Crippen LogP contribution in [-0.4, -0.2) is 60.0 Å². The number of benzene rings is 1. The number of likely N-dealkylation sites (N-methyl/N-ethyl adjacent to an activating group) is 1. The van der Waals surface area contributed by atoms with Gasteiger partial charge in [0.05, 0.1) is 19.3 Å². The smallest absolute Gasteiger partial charge is 0.251 e. The Balaban J connectivity index is 1.49. The maximum atomic E-state index is 12.3. The van der Waals surface area contributed by atoms with E-state index in [1.807, 2.05) is 41.2 Å². The molecule has 0 spiro atoms. The summed E-state index contributed by atoms with van der Waals surface area (Å²) in [6, 6.07) is 9.56. The lowest BCUT2D eigenvalue weighted by Gasteiger charge is -2.30. The van der Waals surface area contributed by atoms with Crippen molar-refractivity contribution in [2.24, 2.45) is 0 Å². The molecule has 0 aliphatic carbocycles. The van der Waals surface area contributed by atoms with Crippen LogP contribution in [0.15, 0.2) is 42.7 Å². The molecule has 6 nitrogen and oxygen atoms in total. The van der Waals surface area contributed by atoms with Crippen molar-refractivity contribution in [3.8, 4) is 0 Å². The molecule has 0 radical (unpaired) electrons. The number of nitrogens with zero attached hydrogens (tertiary/aromatic N) is 3. The largest absolute Gasteiger partial charge is 0.375 e. The van der Waals surface area contributed by atoms with Crippen molar-refractivity contribution < 1.29 is 9.53 Å². The Morgan fingerprint density at radius 1 is 1.42 bits per heavy atom. The summed E-state index contributed by atoms with van der Waals surface area (Å²) in [5, 5.41) is 7.18. The minimum atomic E-state index is -0.0403. The van der Waals surface area contributed by atoms with E-state index in [4.69, 9.17) is 4.74 Å². The Bertz CT molecular complexity index is 657. The molecule has 1 aliphatic rings. The molecule has 2 aromatic rings. The number of hydrogen-bond donors (Lipinski definition) is 1. The third kappa shape index (κ3) is 4.66. The van der Waals surface area contributed by atoms with Gasteiger partial charge in [-0.2, -0.15) is 5.10 Å². The first-order valence-corrected chi connectivity index (χ1v) is 8.35. The summed E-state index contributed by atoms with van der Waals surface area (Å²) in [6.07, 6.45) is 4.70. The van der Waals surface area contributed by atoms with Crippen LogP contribution < -0.4 is 5.32 Å². The van der Waals surface area contributed by atoms with E-state index in [1.54, 1.807) is 6.20 Å². The number of rotatable bonds is 6. The van der Waals surface area contributed by atoms with Gasteiger partial charge in [0.1, 0.15) is 0 Å². The number of nitrogens with one attached hydrogen (secondary N) is 1. The van der Waals surface area contributed by atoms with Crippen molar-refractivity contribution in [3.05, 3.63) is 53.9 Å². The van der Waals surface area contributed by atoms with Crippen LogP contribution >= 0.6 is 0 Å². The summed E-state index contributed by atoms with van der Waals surface area (Å²) in [6.45, 7) is 3.96. The molecule has 0 saturated carbocycles. The van der Waals surface area contributed by atoms with E-state index in [0.29, 0.717) is 18.7 Å². The van der Waals surface area contributed by atoms with E-state index in [-0.39, 0.29) is 12.0 Å². The van der Waals surface area contributed by atoms with Crippen molar-refractivity contribution in [2.75, 3.05) is 33.3 Å². The average Bonchev–Trinajstić information content (AvgIpc) is 3.08. The summed E-state index contributed by atoms with van der Waals surface area (Å²) < 4.78 is 7.55. The van der Waals surface area contributed by atoms with Crippen molar-refractivity contribution in [1.29, 1.82) is 0 Å². The monoisotopic (exact) mass is 328 g/mol. The third-order valence-corrected chi connectivity index (χ3v) is 4.19. The molecule has 128 valence electrons. The van der Waals surface area contributed by atoms with E-state index in [9.17, 15) is 4.79 Å². The predicted molar refractivity (Wildman–Crippen MR) is 92.0 cm³/mol. The fourth-order valence-corrected chi connectivity index (χ4v) is 2.88. The number of aromatic nitrogens is 2. The molecule has 1 N–H and O–H groups in total. The van der Waals surface area contributed by atoms with Crippen molar-refractivity contribution in [2.45, 2.75) is 19.1 Å². The van der Waals surface area contributed by atoms with E-state index in [1.165, 1.54) is 0 Å². The maximum absolute atomic E-state index is 12.3. The molecule has 3 rings (SSSR count). The van der Waals surface area contributed by atoms with Gasteiger partial charge in [-0.15, -0.1) is 0 Å². The molecule has 1 aliphatic heterocycles. The molecule has 1 atom stereocenters. The van der Waals surface area contributed by atoms with E-state index < -0.39 is 0 Å². The molecular formula is C18H24N4O2. The zero-order valence-electron chi connectivity index (χ0n) is 14.0. The third-order valence-electron chi connectivity index (χ3n) is 4.19. The van der Waals surface area contributed by atoms with Gasteiger partial charge in [-0.25, -0.2) is 0 Å². The standard InChI is InChI=1S/C18H24N4O2/c1-21-10-11-24-17(14-21)6-8-19-18(23)16-5-2-4-15(12-16)13-22-9-3-7-20-22/h2-5,7,9,12,17H,6,8,10-11,13-14H2,1H3,(H,19,23). The molecule has 6 heteroatoms. The molecule has 0 bridgehead atoms. The van der Waals surface area contributed by atoms with Gasteiger partial charge in [0.2, 0.25) is 0 Å². The Morgan fingerprint density at radius 2 is 2.33 bits per heavy atom. The van der Waals surface area contributed by atoms with E-state index >= 15 is 0 Å². The minimum Gasteiger partial charge on any atom is -0.375 e. The summed E-state index contributed by atoms with van der Waals surface area (Å²) in [5.41, 5.74) is 1.74. The first kappa shape index (κ1) is 16.7. The second-order valence-corrected chi connectivity index (χ2v) is 6.20. The lowest BCUT2D eigenvalue weighted by atomic mass is 10.1. The van der Waals surface area contributed by atoms with Crippen LogP contribution in [0.1, 0.15) is 22.3 Å². The zero-order chi connectivity index (χ0) is 16.8. The highest BCUT2D eigenvalue weighted by molar-refractivity contribution is 5.94. The first-order chi connectivity index (χ1) is 11.7. The maximum Gasteiger partial charge on any atom is 0.251 e. The molecule has 1 aromatic carbocycles. The van der Waals surface area contributed by atoms with Crippen LogP contribution in [0, 0.1) is 0 Å². The number of morpholine rings is 1. The molecule has 2 heterocycles. The molecule has 1 amide bonds. The van der Waals surface area contributed by atoms with Gasteiger partial charge in [0, 0.05) is 37.6 Å². The van der Waals surface area contributed by atoms with Crippen molar-refractivity contribution in [3.63, 3.8) is 0 Å². The van der Waals surface area contributed by atoms with E-state index in [2.05, 4.69) is 22.4 Å². The van der Waals surface area contributed by atoms with Crippen LogP contribution in [0.3, 0.4) is 0 Å². The van der Waals surface area contributed by atoms with Crippen LogP contribution in [0.4, 0.5) is 0 Å². The van der Waals surface area contributed by atoms with Gasteiger partial charge >= 0.3 is 0 Å². The fourth-order valence-electron chi connectivity index (χ4n) is 2.88. The Hall–Kier alpha value is -2.18. The van der Waals surface area contributed by atoms with Gasteiger partial charge in [0.15, 0.2) is 0 Å². The SMILES string of the molecule is CN1CCOC(CCNC(=O)c2cccc(Cn3cccn3)c2)C1. The van der Waals surface area contributed by atoms with Crippen LogP contribution in [0.2, 0.25) is 0 Å². The molecule has 1 aromatic heterocycles. The number of ether oxygens (including phenoxy) is 1. The van der Waals surface area contributed by atoms with Crippen LogP contribution in [-0.2, 0) is 11.3 Å². The molecular weight excluding hydrogens is 304 g/mol. The number of carbonyl (C=O) groups is 1. The number of amides is 1. The zero-order valence-corrected chi connectivity index (χ0v) is 14.0. The topological polar surface area (TPSA) is 59.4 Å². The predicted octanol–water partition coefficient (Wildman–Crippen LogP) is 1.38. The Labute approximate surface area is 142 Å². The van der Waals surface area contributed by atoms with Gasteiger partial charge in [-0.1, -0.05) is 12.1 Å². The highest BCUT2D eigenvalue weighted by atomic mass is 16.5. The molecule has 1 unspecified atom stereocenters. The van der Waals surface area contributed by atoms with Crippen molar-refractivity contribution >= 4 is 5.91 Å². The van der Waals surface area contributed by atoms with Gasteiger partial charge in [0.25, 0.3) is 5.91 Å². The highest BCUT2D eigenvalue weighted by Crippen LogP contribution is 2.08. The Kier molecular flexibility index (Phi) is 5.61. The summed E-state index contributed by atoms with van der Waals surface area (Å²) in [7, 11) is 2.10. The van der Waals surface area contributed by atoms with Crippen LogP contribution in [0.25, 0.3) is 0 Å². The fraction of sp³-hybridized carbons (Fsp3) is 0.444. The second-order valence-electron chi connectivity index (χ2n) is 6.20. The number of carbonyl (C=O) groups excluding carboxylic acids is 1. The quantitative estimate of drug-likeness (QED) is 0.870. The normalized spacial score (nSPS) is 18.5.